The fourth-order valence-electron chi connectivity index (χ4n) is 2.54. The number of hydrogen-bond acceptors (Lipinski definition) is 5. The van der Waals surface area contributed by atoms with E-state index in [0.29, 0.717) is 5.82 Å². The highest BCUT2D eigenvalue weighted by molar-refractivity contribution is 5.43. The Labute approximate surface area is 102 Å². The predicted molar refractivity (Wildman–Crippen MR) is 69.8 cm³/mol. The van der Waals surface area contributed by atoms with Crippen molar-refractivity contribution in [3.05, 3.63) is 12.4 Å². The molecule has 0 unspecified atom stereocenters. The van der Waals surface area contributed by atoms with E-state index in [1.54, 1.807) is 6.07 Å². The fourth-order valence-corrected chi connectivity index (χ4v) is 2.54. The van der Waals surface area contributed by atoms with Gasteiger partial charge in [-0.05, 0) is 26.9 Å². The van der Waals surface area contributed by atoms with Crippen molar-refractivity contribution in [1.29, 1.82) is 0 Å². The van der Waals surface area contributed by atoms with Crippen LogP contribution in [0.1, 0.15) is 25.7 Å². The number of aromatic nitrogens is 2. The van der Waals surface area contributed by atoms with Gasteiger partial charge in [-0.25, -0.2) is 9.97 Å². The second kappa shape index (κ2) is 4.87. The monoisotopic (exact) mass is 235 g/mol. The van der Waals surface area contributed by atoms with E-state index >= 15 is 0 Å². The molecule has 0 aromatic carbocycles. The van der Waals surface area contributed by atoms with Crippen molar-refractivity contribution in [2.45, 2.75) is 31.2 Å². The van der Waals surface area contributed by atoms with Gasteiger partial charge in [0.2, 0.25) is 0 Å². The summed E-state index contributed by atoms with van der Waals surface area (Å²) in [6.07, 6.45) is 6.60. The third-order valence-electron chi connectivity index (χ3n) is 3.77. The number of anilines is 2. The molecular weight excluding hydrogens is 214 g/mol. The molecular formula is C12H21N5. The predicted octanol–water partition coefficient (Wildman–Crippen LogP) is 1.35. The molecule has 2 rings (SSSR count). The third kappa shape index (κ3) is 2.66. The zero-order valence-corrected chi connectivity index (χ0v) is 10.6. The normalized spacial score (nSPS) is 18.5. The van der Waals surface area contributed by atoms with Crippen molar-refractivity contribution in [3.63, 3.8) is 0 Å². The van der Waals surface area contributed by atoms with Crippen molar-refractivity contribution in [2.75, 3.05) is 31.7 Å². The molecule has 0 atom stereocenters. The van der Waals surface area contributed by atoms with E-state index in [1.807, 2.05) is 0 Å². The number of hydrogen-bond donors (Lipinski definition) is 2. The number of nitrogen functional groups attached to an aromatic ring is 1. The van der Waals surface area contributed by atoms with E-state index in [9.17, 15) is 0 Å². The summed E-state index contributed by atoms with van der Waals surface area (Å²) < 4.78 is 0. The summed E-state index contributed by atoms with van der Waals surface area (Å²) in [7, 11) is 4.31. The molecule has 0 aliphatic heterocycles. The maximum Gasteiger partial charge on any atom is 0.131 e. The lowest BCUT2D eigenvalue weighted by Crippen LogP contribution is -2.47. The van der Waals surface area contributed by atoms with Gasteiger partial charge in [-0.15, -0.1) is 0 Å². The van der Waals surface area contributed by atoms with Crippen LogP contribution in [0.2, 0.25) is 0 Å². The van der Waals surface area contributed by atoms with Crippen LogP contribution in [0.25, 0.3) is 0 Å². The second-order valence-corrected chi connectivity index (χ2v) is 5.01. The standard InChI is InChI=1S/C12H21N5/c1-17(2)12(5-3-4-6-12)8-14-11-7-10(13)15-9-16-11/h7,9H,3-6,8H2,1-2H3,(H3,13,14,15,16). The van der Waals surface area contributed by atoms with E-state index < -0.39 is 0 Å². The summed E-state index contributed by atoms with van der Waals surface area (Å²) in [5.41, 5.74) is 5.90. The lowest BCUT2D eigenvalue weighted by atomic mass is 9.96. The van der Waals surface area contributed by atoms with Gasteiger partial charge in [-0.3, -0.25) is 0 Å². The average molecular weight is 235 g/mol. The van der Waals surface area contributed by atoms with E-state index in [0.717, 1.165) is 12.4 Å². The van der Waals surface area contributed by atoms with Gasteiger partial charge in [-0.1, -0.05) is 12.8 Å². The topological polar surface area (TPSA) is 67.1 Å². The molecule has 94 valence electrons. The first kappa shape index (κ1) is 12.1. The van der Waals surface area contributed by atoms with Gasteiger partial charge in [0.15, 0.2) is 0 Å². The molecule has 3 N–H and O–H groups in total. The Morgan fingerprint density at radius 1 is 1.35 bits per heavy atom. The number of nitrogens with one attached hydrogen (secondary N) is 1. The Bertz CT molecular complexity index is 371. The molecule has 0 amide bonds. The highest BCUT2D eigenvalue weighted by Gasteiger charge is 2.35. The molecule has 0 bridgehead atoms. The SMILES string of the molecule is CN(C)C1(CNc2cc(N)ncn2)CCCC1. The fraction of sp³-hybridized carbons (Fsp3) is 0.667. The Balaban J connectivity index is 2.01. The summed E-state index contributed by atoms with van der Waals surface area (Å²) >= 11 is 0. The summed E-state index contributed by atoms with van der Waals surface area (Å²) in [5, 5.41) is 3.38. The molecule has 5 heteroatoms. The van der Waals surface area contributed by atoms with E-state index in [1.165, 1.54) is 32.0 Å². The molecule has 1 fully saturated rings. The van der Waals surface area contributed by atoms with Crippen molar-refractivity contribution in [3.8, 4) is 0 Å². The minimum Gasteiger partial charge on any atom is -0.384 e. The average Bonchev–Trinajstić information content (AvgIpc) is 2.76. The molecule has 1 aliphatic carbocycles. The summed E-state index contributed by atoms with van der Waals surface area (Å²) in [4.78, 5) is 10.4. The third-order valence-corrected chi connectivity index (χ3v) is 3.77. The summed E-state index contributed by atoms with van der Waals surface area (Å²) in [6.45, 7) is 0.913. The van der Waals surface area contributed by atoms with E-state index in [-0.39, 0.29) is 5.54 Å². The molecule has 1 aromatic heterocycles. The highest BCUT2D eigenvalue weighted by atomic mass is 15.2. The van der Waals surface area contributed by atoms with E-state index in [2.05, 4.69) is 34.3 Å². The van der Waals surface area contributed by atoms with Gasteiger partial charge >= 0.3 is 0 Å². The quantitative estimate of drug-likeness (QED) is 0.824. The van der Waals surface area contributed by atoms with Crippen molar-refractivity contribution in [1.82, 2.24) is 14.9 Å². The Kier molecular flexibility index (Phi) is 3.47. The lowest BCUT2D eigenvalue weighted by molar-refractivity contribution is 0.172. The number of nitrogens with two attached hydrogens (primary N) is 1. The molecule has 1 aliphatic rings. The molecule has 0 spiro atoms. The van der Waals surface area contributed by atoms with Gasteiger partial charge in [0.1, 0.15) is 18.0 Å². The van der Waals surface area contributed by atoms with Gasteiger partial charge < -0.3 is 16.0 Å². The van der Waals surface area contributed by atoms with Crippen molar-refractivity contribution in [2.24, 2.45) is 0 Å². The summed E-state index contributed by atoms with van der Waals surface area (Å²) in [5.74, 6) is 1.32. The van der Waals surface area contributed by atoms with Crippen LogP contribution in [0.4, 0.5) is 11.6 Å². The second-order valence-electron chi connectivity index (χ2n) is 5.01. The number of likely N-dealkylation sites (N-methyl/N-ethyl adjacent to an activating group) is 1. The minimum atomic E-state index is 0.264. The Morgan fingerprint density at radius 2 is 2.06 bits per heavy atom. The van der Waals surface area contributed by atoms with Crippen LogP contribution in [0.15, 0.2) is 12.4 Å². The molecule has 0 radical (unpaired) electrons. The Hall–Kier alpha value is -1.36. The Morgan fingerprint density at radius 3 is 2.65 bits per heavy atom. The largest absolute Gasteiger partial charge is 0.384 e. The number of rotatable bonds is 4. The first-order chi connectivity index (χ1) is 8.12. The highest BCUT2D eigenvalue weighted by Crippen LogP contribution is 2.33. The smallest absolute Gasteiger partial charge is 0.131 e. The molecule has 1 saturated carbocycles. The minimum absolute atomic E-state index is 0.264. The van der Waals surface area contributed by atoms with Crippen molar-refractivity contribution < 1.29 is 0 Å². The van der Waals surface area contributed by atoms with Crippen LogP contribution in [0.5, 0.6) is 0 Å². The zero-order valence-electron chi connectivity index (χ0n) is 10.6. The first-order valence-electron chi connectivity index (χ1n) is 6.11. The zero-order chi connectivity index (χ0) is 12.3. The van der Waals surface area contributed by atoms with E-state index in [4.69, 9.17) is 5.73 Å². The molecule has 5 nitrogen and oxygen atoms in total. The summed E-state index contributed by atoms with van der Waals surface area (Å²) in [6, 6.07) is 1.78. The molecule has 0 saturated heterocycles. The van der Waals surface area contributed by atoms with Crippen LogP contribution in [0.3, 0.4) is 0 Å². The van der Waals surface area contributed by atoms with Gasteiger partial charge in [0.25, 0.3) is 0 Å². The van der Waals surface area contributed by atoms with Crippen LogP contribution in [-0.4, -0.2) is 41.0 Å². The van der Waals surface area contributed by atoms with Gasteiger partial charge in [0.05, 0.1) is 0 Å². The maximum absolute atomic E-state index is 5.63. The number of nitrogens with zero attached hydrogens (tertiary/aromatic N) is 3. The molecule has 1 heterocycles. The van der Waals surface area contributed by atoms with Crippen molar-refractivity contribution >= 4 is 11.6 Å². The van der Waals surface area contributed by atoms with Crippen LogP contribution < -0.4 is 11.1 Å². The first-order valence-corrected chi connectivity index (χ1v) is 6.11. The van der Waals surface area contributed by atoms with Crippen LogP contribution >= 0.6 is 0 Å². The molecule has 17 heavy (non-hydrogen) atoms. The van der Waals surface area contributed by atoms with Gasteiger partial charge in [-0.2, -0.15) is 0 Å². The lowest BCUT2D eigenvalue weighted by Gasteiger charge is -2.36. The van der Waals surface area contributed by atoms with Crippen LogP contribution in [-0.2, 0) is 0 Å². The van der Waals surface area contributed by atoms with Crippen LogP contribution in [0, 0.1) is 0 Å². The molecule has 1 aromatic rings. The maximum atomic E-state index is 5.63. The van der Waals surface area contributed by atoms with Gasteiger partial charge in [0, 0.05) is 18.2 Å².